The molecule has 1 fully saturated rings. The molecule has 1 atom stereocenters. The van der Waals surface area contributed by atoms with Crippen LogP contribution in [0.5, 0.6) is 5.75 Å². The number of ketones is 1. The van der Waals surface area contributed by atoms with E-state index in [9.17, 15) is 4.79 Å². The first-order chi connectivity index (χ1) is 8.31. The molecule has 0 bridgehead atoms. The monoisotopic (exact) mass is 233 g/mol. The zero-order chi connectivity index (χ0) is 12.1. The zero-order valence-corrected chi connectivity index (χ0v) is 9.68. The largest absolute Gasteiger partial charge is 0.496 e. The van der Waals surface area contributed by atoms with E-state index in [0.29, 0.717) is 13.3 Å². The quantitative estimate of drug-likeness (QED) is 0.794. The van der Waals surface area contributed by atoms with Crippen LogP contribution < -0.4 is 10.1 Å². The highest BCUT2D eigenvalue weighted by Gasteiger charge is 2.20. The number of benzene rings is 1. The van der Waals surface area contributed by atoms with Crippen molar-refractivity contribution >= 4 is 11.9 Å². The first kappa shape index (κ1) is 11.8. The van der Waals surface area contributed by atoms with Crippen molar-refractivity contribution in [2.75, 3.05) is 20.4 Å². The van der Waals surface area contributed by atoms with Crippen molar-refractivity contribution in [3.8, 4) is 5.75 Å². The Morgan fingerprint density at radius 3 is 3.06 bits per heavy atom. The third-order valence-corrected chi connectivity index (χ3v) is 2.63. The lowest BCUT2D eigenvalue weighted by Gasteiger charge is -2.04. The second-order valence-electron chi connectivity index (χ2n) is 3.75. The SMILES string of the molecule is COc1ccccc1C=CC(=O)C1COCN1. The number of rotatable bonds is 4. The second-order valence-corrected chi connectivity index (χ2v) is 3.75. The molecule has 2 rings (SSSR count). The fourth-order valence-corrected chi connectivity index (χ4v) is 1.67. The highest BCUT2D eigenvalue weighted by atomic mass is 16.5. The molecule has 1 unspecified atom stereocenters. The van der Waals surface area contributed by atoms with Crippen LogP contribution in [0.2, 0.25) is 0 Å². The van der Waals surface area contributed by atoms with Crippen molar-refractivity contribution < 1.29 is 14.3 Å². The Balaban J connectivity index is 2.06. The summed E-state index contributed by atoms with van der Waals surface area (Å²) >= 11 is 0. The molecular weight excluding hydrogens is 218 g/mol. The number of methoxy groups -OCH3 is 1. The zero-order valence-electron chi connectivity index (χ0n) is 9.68. The Hall–Kier alpha value is -1.65. The van der Waals surface area contributed by atoms with Crippen LogP contribution in [0.4, 0.5) is 0 Å². The minimum Gasteiger partial charge on any atom is -0.496 e. The van der Waals surface area contributed by atoms with Crippen LogP contribution in [-0.2, 0) is 9.53 Å². The summed E-state index contributed by atoms with van der Waals surface area (Å²) in [6, 6.07) is 7.34. The Morgan fingerprint density at radius 1 is 1.53 bits per heavy atom. The molecule has 1 aromatic rings. The number of hydrogen-bond acceptors (Lipinski definition) is 4. The van der Waals surface area contributed by atoms with Crippen molar-refractivity contribution in [1.29, 1.82) is 0 Å². The average molecular weight is 233 g/mol. The number of hydrogen-bond donors (Lipinski definition) is 1. The summed E-state index contributed by atoms with van der Waals surface area (Å²) in [6.07, 6.45) is 3.32. The van der Waals surface area contributed by atoms with Crippen LogP contribution in [0.15, 0.2) is 30.3 Å². The summed E-state index contributed by atoms with van der Waals surface area (Å²) < 4.78 is 10.3. The molecule has 1 N–H and O–H groups in total. The van der Waals surface area contributed by atoms with E-state index in [-0.39, 0.29) is 11.8 Å². The first-order valence-corrected chi connectivity index (χ1v) is 5.47. The number of para-hydroxylation sites is 1. The molecule has 4 nitrogen and oxygen atoms in total. The number of ether oxygens (including phenoxy) is 2. The van der Waals surface area contributed by atoms with Crippen molar-refractivity contribution in [2.45, 2.75) is 6.04 Å². The molecule has 0 spiro atoms. The topological polar surface area (TPSA) is 47.6 Å². The fourth-order valence-electron chi connectivity index (χ4n) is 1.67. The van der Waals surface area contributed by atoms with Gasteiger partial charge in [-0.25, -0.2) is 0 Å². The van der Waals surface area contributed by atoms with E-state index in [2.05, 4.69) is 5.32 Å². The highest BCUT2D eigenvalue weighted by molar-refractivity contribution is 5.98. The maximum absolute atomic E-state index is 11.7. The van der Waals surface area contributed by atoms with Gasteiger partial charge in [0.25, 0.3) is 0 Å². The molecule has 1 saturated heterocycles. The summed E-state index contributed by atoms with van der Waals surface area (Å²) in [5.41, 5.74) is 0.891. The molecule has 17 heavy (non-hydrogen) atoms. The lowest BCUT2D eigenvalue weighted by atomic mass is 10.1. The predicted octanol–water partition coefficient (Wildman–Crippen LogP) is 1.22. The molecule has 0 amide bonds. The van der Waals surface area contributed by atoms with Gasteiger partial charge < -0.3 is 9.47 Å². The molecule has 1 aliphatic rings. The van der Waals surface area contributed by atoms with Crippen molar-refractivity contribution in [3.05, 3.63) is 35.9 Å². The summed E-state index contributed by atoms with van der Waals surface area (Å²) in [4.78, 5) is 11.7. The number of nitrogens with one attached hydrogen (secondary N) is 1. The molecule has 90 valence electrons. The lowest BCUT2D eigenvalue weighted by Crippen LogP contribution is -2.31. The molecule has 0 saturated carbocycles. The summed E-state index contributed by atoms with van der Waals surface area (Å²) in [6.45, 7) is 0.883. The van der Waals surface area contributed by atoms with Gasteiger partial charge in [0.2, 0.25) is 0 Å². The van der Waals surface area contributed by atoms with Gasteiger partial charge in [0.15, 0.2) is 5.78 Å². The number of carbonyl (C=O) groups excluding carboxylic acids is 1. The Kier molecular flexibility index (Phi) is 3.90. The minimum atomic E-state index is -0.221. The van der Waals surface area contributed by atoms with Crippen LogP contribution in [0, 0.1) is 0 Å². The van der Waals surface area contributed by atoms with Crippen LogP contribution in [-0.4, -0.2) is 32.3 Å². The third-order valence-electron chi connectivity index (χ3n) is 2.63. The van der Waals surface area contributed by atoms with E-state index in [1.54, 1.807) is 19.3 Å². The van der Waals surface area contributed by atoms with Gasteiger partial charge in [-0.3, -0.25) is 10.1 Å². The smallest absolute Gasteiger partial charge is 0.175 e. The van der Waals surface area contributed by atoms with E-state index in [1.165, 1.54) is 0 Å². The van der Waals surface area contributed by atoms with E-state index in [4.69, 9.17) is 9.47 Å². The third kappa shape index (κ3) is 2.93. The Labute approximate surface area is 100 Å². The van der Waals surface area contributed by atoms with Gasteiger partial charge in [0.05, 0.1) is 26.5 Å². The predicted molar refractivity (Wildman–Crippen MR) is 64.8 cm³/mol. The van der Waals surface area contributed by atoms with Crippen molar-refractivity contribution in [3.63, 3.8) is 0 Å². The Morgan fingerprint density at radius 2 is 2.35 bits per heavy atom. The van der Waals surface area contributed by atoms with E-state index >= 15 is 0 Å². The van der Waals surface area contributed by atoms with E-state index in [1.807, 2.05) is 24.3 Å². The lowest BCUT2D eigenvalue weighted by molar-refractivity contribution is -0.116. The molecule has 0 aromatic heterocycles. The van der Waals surface area contributed by atoms with Crippen LogP contribution in [0.25, 0.3) is 6.08 Å². The summed E-state index contributed by atoms with van der Waals surface area (Å²) in [5, 5.41) is 2.97. The maximum Gasteiger partial charge on any atom is 0.175 e. The highest BCUT2D eigenvalue weighted by Crippen LogP contribution is 2.18. The average Bonchev–Trinajstić information content (AvgIpc) is 2.90. The van der Waals surface area contributed by atoms with Crippen molar-refractivity contribution in [1.82, 2.24) is 5.32 Å². The van der Waals surface area contributed by atoms with Gasteiger partial charge in [-0.05, 0) is 18.2 Å². The fraction of sp³-hybridized carbons (Fsp3) is 0.308. The van der Waals surface area contributed by atoms with Crippen molar-refractivity contribution in [2.24, 2.45) is 0 Å². The van der Waals surface area contributed by atoms with Gasteiger partial charge in [-0.2, -0.15) is 0 Å². The summed E-state index contributed by atoms with van der Waals surface area (Å²) in [7, 11) is 1.61. The van der Waals surface area contributed by atoms with Crippen LogP contribution >= 0.6 is 0 Å². The first-order valence-electron chi connectivity index (χ1n) is 5.47. The number of carbonyl (C=O) groups is 1. The van der Waals surface area contributed by atoms with E-state index < -0.39 is 0 Å². The normalized spacial score (nSPS) is 19.7. The van der Waals surface area contributed by atoms with Gasteiger partial charge in [-0.1, -0.05) is 18.2 Å². The Bertz CT molecular complexity index is 422. The molecule has 0 radical (unpaired) electrons. The molecule has 0 aliphatic carbocycles. The summed E-state index contributed by atoms with van der Waals surface area (Å²) in [5.74, 6) is 0.778. The molecule has 1 heterocycles. The molecule has 1 aromatic carbocycles. The molecule has 4 heteroatoms. The van der Waals surface area contributed by atoms with E-state index in [0.717, 1.165) is 11.3 Å². The minimum absolute atomic E-state index is 0.0217. The second kappa shape index (κ2) is 5.61. The molecule has 1 aliphatic heterocycles. The van der Waals surface area contributed by atoms with Gasteiger partial charge in [0, 0.05) is 5.56 Å². The van der Waals surface area contributed by atoms with Gasteiger partial charge >= 0.3 is 0 Å². The molecular formula is C13H15NO3. The van der Waals surface area contributed by atoms with Gasteiger partial charge in [0.1, 0.15) is 5.75 Å². The van der Waals surface area contributed by atoms with Gasteiger partial charge in [-0.15, -0.1) is 0 Å². The maximum atomic E-state index is 11.7. The standard InChI is InChI=1S/C13H15NO3/c1-16-13-5-3-2-4-10(13)6-7-12(15)11-8-17-9-14-11/h2-7,11,14H,8-9H2,1H3. The van der Waals surface area contributed by atoms with Crippen LogP contribution in [0.1, 0.15) is 5.56 Å². The van der Waals surface area contributed by atoms with Crippen LogP contribution in [0.3, 0.4) is 0 Å².